The van der Waals surface area contributed by atoms with Gasteiger partial charge in [-0.3, -0.25) is 4.79 Å². The van der Waals surface area contributed by atoms with Gasteiger partial charge in [-0.15, -0.1) is 0 Å². The lowest BCUT2D eigenvalue weighted by Gasteiger charge is -2.13. The Labute approximate surface area is 160 Å². The summed E-state index contributed by atoms with van der Waals surface area (Å²) in [6.07, 6.45) is 2.45. The fraction of sp³-hybridized carbons (Fsp3) is 0.941. The number of alkyl halides is 1. The Bertz CT molecular complexity index is 338. The average Bonchev–Trinajstić information content (AvgIpc) is 2.59. The first-order valence-corrected chi connectivity index (χ1v) is 11.3. The summed E-state index contributed by atoms with van der Waals surface area (Å²) < 4.78 is 34.8. The Hall–Kier alpha value is -0.450. The van der Waals surface area contributed by atoms with Crippen LogP contribution in [0.15, 0.2) is 0 Å². The predicted molar refractivity (Wildman–Crippen MR) is 106 cm³/mol. The van der Waals surface area contributed by atoms with Crippen LogP contribution < -0.4 is 10.6 Å². The second-order valence-electron chi connectivity index (χ2n) is 6.20. The van der Waals surface area contributed by atoms with Gasteiger partial charge in [0.1, 0.15) is 6.17 Å². The number of halogens is 1. The minimum absolute atomic E-state index is 0.0103. The molecule has 2 N–H and O–H groups in total. The SMILES string of the molecule is CC(C)NCCOCCOCCOCCOCC(F)CNC(=O)[SH](C)C. The van der Waals surface area contributed by atoms with Crippen molar-refractivity contribution in [2.75, 3.05) is 78.5 Å². The molecule has 158 valence electrons. The van der Waals surface area contributed by atoms with Gasteiger partial charge in [0, 0.05) is 12.6 Å². The molecule has 0 aliphatic carbocycles. The second kappa shape index (κ2) is 17.9. The zero-order valence-corrected chi connectivity index (χ0v) is 17.5. The first-order valence-electron chi connectivity index (χ1n) is 9.07. The molecule has 9 heteroatoms. The molecule has 0 saturated carbocycles. The summed E-state index contributed by atoms with van der Waals surface area (Å²) >= 11 is 0. The highest BCUT2D eigenvalue weighted by Crippen LogP contribution is 2.13. The van der Waals surface area contributed by atoms with E-state index in [0.29, 0.717) is 52.3 Å². The van der Waals surface area contributed by atoms with E-state index < -0.39 is 17.1 Å². The van der Waals surface area contributed by atoms with Crippen LogP contribution in [0.5, 0.6) is 0 Å². The van der Waals surface area contributed by atoms with Gasteiger partial charge in [-0.05, 0) is 12.5 Å². The molecule has 1 atom stereocenters. The Morgan fingerprint density at radius 1 is 0.923 bits per heavy atom. The third-order valence-corrected chi connectivity index (χ3v) is 4.07. The molecular weight excluding hydrogens is 363 g/mol. The van der Waals surface area contributed by atoms with E-state index in [0.717, 1.165) is 6.54 Å². The van der Waals surface area contributed by atoms with Gasteiger partial charge in [0.05, 0.1) is 59.4 Å². The first kappa shape index (κ1) is 25.6. The van der Waals surface area contributed by atoms with E-state index >= 15 is 0 Å². The fourth-order valence-electron chi connectivity index (χ4n) is 1.71. The number of ether oxygens (including phenoxy) is 4. The number of amides is 1. The van der Waals surface area contributed by atoms with Crippen molar-refractivity contribution in [3.05, 3.63) is 0 Å². The van der Waals surface area contributed by atoms with Gasteiger partial charge in [0.25, 0.3) is 5.24 Å². The Balaban J connectivity index is 3.20. The van der Waals surface area contributed by atoms with Gasteiger partial charge in [0.2, 0.25) is 0 Å². The molecule has 0 fully saturated rings. The summed E-state index contributed by atoms with van der Waals surface area (Å²) in [7, 11) is -0.727. The molecule has 7 nitrogen and oxygen atoms in total. The van der Waals surface area contributed by atoms with Gasteiger partial charge < -0.3 is 29.6 Å². The van der Waals surface area contributed by atoms with Crippen molar-refractivity contribution in [3.63, 3.8) is 0 Å². The Kier molecular flexibility index (Phi) is 17.6. The molecular formula is C17H37FN2O5S. The molecule has 1 amide bonds. The lowest BCUT2D eigenvalue weighted by molar-refractivity contribution is -0.00749. The molecule has 0 bridgehead atoms. The van der Waals surface area contributed by atoms with Crippen LogP contribution in [0.2, 0.25) is 0 Å². The standard InChI is InChI=1S/C17H37FN2O5S/c1-15(2)19-5-6-22-7-8-23-9-10-24-11-12-25-14-16(18)13-20-17(21)26(3)4/h15-16,19,26H,5-14H2,1-4H3,(H,20,21). The third kappa shape index (κ3) is 18.3. The monoisotopic (exact) mass is 400 g/mol. The van der Waals surface area contributed by atoms with Crippen molar-refractivity contribution in [3.8, 4) is 0 Å². The largest absolute Gasteiger partial charge is 0.378 e. The number of hydrogen-bond donors (Lipinski definition) is 3. The normalized spacial score (nSPS) is 13.1. The molecule has 0 aliphatic heterocycles. The van der Waals surface area contributed by atoms with Crippen molar-refractivity contribution in [1.29, 1.82) is 0 Å². The smallest absolute Gasteiger partial charge is 0.258 e. The number of hydrogen-bond acceptors (Lipinski definition) is 6. The maximum atomic E-state index is 13.5. The quantitative estimate of drug-likeness (QED) is 0.253. The van der Waals surface area contributed by atoms with Crippen LogP contribution in [0.25, 0.3) is 0 Å². The molecule has 0 aliphatic rings. The lowest BCUT2D eigenvalue weighted by Crippen LogP contribution is -2.31. The summed E-state index contributed by atoms with van der Waals surface area (Å²) in [6, 6.07) is 0.471. The van der Waals surface area contributed by atoms with E-state index in [1.54, 1.807) is 0 Å². The van der Waals surface area contributed by atoms with Crippen LogP contribution in [-0.2, 0) is 18.9 Å². The second-order valence-corrected chi connectivity index (χ2v) is 8.39. The number of rotatable bonds is 17. The van der Waals surface area contributed by atoms with Gasteiger partial charge in [-0.25, -0.2) is 4.39 Å². The highest BCUT2D eigenvalue weighted by molar-refractivity contribution is 8.28. The topological polar surface area (TPSA) is 78.1 Å². The predicted octanol–water partition coefficient (Wildman–Crippen LogP) is 1.36. The maximum absolute atomic E-state index is 13.5. The van der Waals surface area contributed by atoms with Crippen molar-refractivity contribution in [1.82, 2.24) is 10.6 Å². The van der Waals surface area contributed by atoms with E-state index in [4.69, 9.17) is 18.9 Å². The number of thiol groups is 1. The summed E-state index contributed by atoms with van der Waals surface area (Å²) in [6.45, 7) is 8.40. The molecule has 0 aromatic carbocycles. The Morgan fingerprint density at radius 3 is 1.92 bits per heavy atom. The highest BCUT2D eigenvalue weighted by atomic mass is 32.2. The van der Waals surface area contributed by atoms with Crippen molar-refractivity contribution in [2.24, 2.45) is 0 Å². The van der Waals surface area contributed by atoms with Crippen LogP contribution in [0.3, 0.4) is 0 Å². The Morgan fingerprint density at radius 2 is 1.42 bits per heavy atom. The third-order valence-electron chi connectivity index (χ3n) is 3.09. The van der Waals surface area contributed by atoms with Gasteiger partial charge in [-0.1, -0.05) is 13.8 Å². The lowest BCUT2D eigenvalue weighted by atomic mass is 10.4. The average molecular weight is 401 g/mol. The molecule has 0 spiro atoms. The number of nitrogens with one attached hydrogen (secondary N) is 2. The summed E-state index contributed by atoms with van der Waals surface area (Å²) in [5.41, 5.74) is 0. The van der Waals surface area contributed by atoms with Crippen molar-refractivity contribution in [2.45, 2.75) is 26.1 Å². The molecule has 0 heterocycles. The van der Waals surface area contributed by atoms with Crippen LogP contribution in [0, 0.1) is 0 Å². The van der Waals surface area contributed by atoms with E-state index in [1.165, 1.54) is 0 Å². The number of carbonyl (C=O) groups is 1. The molecule has 26 heavy (non-hydrogen) atoms. The summed E-state index contributed by atoms with van der Waals surface area (Å²) in [5.74, 6) is 0. The molecule has 1 unspecified atom stereocenters. The molecule has 0 radical (unpaired) electrons. The first-order chi connectivity index (χ1) is 12.4. The molecule has 0 saturated heterocycles. The van der Waals surface area contributed by atoms with Crippen LogP contribution in [-0.4, -0.2) is 95.9 Å². The van der Waals surface area contributed by atoms with Gasteiger partial charge in [0.15, 0.2) is 0 Å². The summed E-state index contributed by atoms with van der Waals surface area (Å²) in [4.78, 5) is 11.3. The zero-order chi connectivity index (χ0) is 19.6. The highest BCUT2D eigenvalue weighted by Gasteiger charge is 2.09. The summed E-state index contributed by atoms with van der Waals surface area (Å²) in [5, 5.41) is 5.73. The van der Waals surface area contributed by atoms with E-state index in [1.807, 2.05) is 12.5 Å². The minimum atomic E-state index is -1.20. The fourth-order valence-corrected chi connectivity index (χ4v) is 2.11. The van der Waals surface area contributed by atoms with E-state index in [2.05, 4.69) is 24.5 Å². The van der Waals surface area contributed by atoms with Crippen LogP contribution in [0.4, 0.5) is 9.18 Å². The zero-order valence-electron chi connectivity index (χ0n) is 16.6. The molecule has 0 aromatic rings. The molecule has 0 aromatic heterocycles. The molecule has 0 rings (SSSR count). The minimum Gasteiger partial charge on any atom is -0.378 e. The van der Waals surface area contributed by atoms with E-state index in [-0.39, 0.29) is 18.4 Å². The van der Waals surface area contributed by atoms with Crippen LogP contribution in [0.1, 0.15) is 13.8 Å². The van der Waals surface area contributed by atoms with Crippen LogP contribution >= 0.6 is 10.9 Å². The van der Waals surface area contributed by atoms with Crippen molar-refractivity contribution >= 4 is 16.1 Å². The van der Waals surface area contributed by atoms with Gasteiger partial charge >= 0.3 is 0 Å². The van der Waals surface area contributed by atoms with Gasteiger partial charge in [-0.2, -0.15) is 10.9 Å². The van der Waals surface area contributed by atoms with Crippen molar-refractivity contribution < 1.29 is 28.1 Å². The van der Waals surface area contributed by atoms with E-state index in [9.17, 15) is 9.18 Å². The number of carbonyl (C=O) groups excluding carboxylic acids is 1. The maximum Gasteiger partial charge on any atom is 0.258 e.